The minimum Gasteiger partial charge on any atom is -0.380 e. The van der Waals surface area contributed by atoms with E-state index in [1.165, 1.54) is 6.07 Å². The van der Waals surface area contributed by atoms with E-state index in [-0.39, 0.29) is 5.82 Å². The first-order chi connectivity index (χ1) is 9.25. The molecule has 2 aromatic rings. The van der Waals surface area contributed by atoms with Gasteiger partial charge in [-0.15, -0.1) is 0 Å². The van der Waals surface area contributed by atoms with E-state index in [1.54, 1.807) is 18.2 Å². The van der Waals surface area contributed by atoms with E-state index in [0.717, 1.165) is 10.0 Å². The van der Waals surface area contributed by atoms with Crippen molar-refractivity contribution >= 4 is 21.6 Å². The van der Waals surface area contributed by atoms with Crippen LogP contribution >= 0.6 is 15.9 Å². The molecule has 0 fully saturated rings. The summed E-state index contributed by atoms with van der Waals surface area (Å²) in [6, 6.07) is 14.6. The first-order valence-electron chi connectivity index (χ1n) is 6.06. The summed E-state index contributed by atoms with van der Waals surface area (Å²) in [6.07, 6.45) is 0. The third-order valence-corrected chi connectivity index (χ3v) is 3.15. The summed E-state index contributed by atoms with van der Waals surface area (Å²) in [6.45, 7) is 1.67. The van der Waals surface area contributed by atoms with E-state index in [0.29, 0.717) is 25.4 Å². The van der Waals surface area contributed by atoms with Crippen molar-refractivity contribution in [1.29, 1.82) is 0 Å². The van der Waals surface area contributed by atoms with Gasteiger partial charge in [0, 0.05) is 11.0 Å². The van der Waals surface area contributed by atoms with Gasteiger partial charge in [-0.1, -0.05) is 40.2 Å². The largest absolute Gasteiger partial charge is 0.380 e. The first kappa shape index (κ1) is 14.0. The third-order valence-electron chi connectivity index (χ3n) is 2.62. The summed E-state index contributed by atoms with van der Waals surface area (Å²) in [5, 5.41) is 3.00. The molecule has 19 heavy (non-hydrogen) atoms. The molecule has 0 spiro atoms. The van der Waals surface area contributed by atoms with Crippen LogP contribution < -0.4 is 5.32 Å². The SMILES string of the molecule is Fc1ccccc1NCCOCc1ccc(Br)cc1. The van der Waals surface area contributed by atoms with Crippen LogP contribution in [0.2, 0.25) is 0 Å². The Morgan fingerprint density at radius 1 is 1.05 bits per heavy atom. The Hall–Kier alpha value is -1.39. The summed E-state index contributed by atoms with van der Waals surface area (Å²) in [5.41, 5.74) is 1.63. The number of nitrogens with one attached hydrogen (secondary N) is 1. The predicted octanol–water partition coefficient (Wildman–Crippen LogP) is 4.22. The monoisotopic (exact) mass is 323 g/mol. The van der Waals surface area contributed by atoms with Crippen molar-refractivity contribution in [3.63, 3.8) is 0 Å². The van der Waals surface area contributed by atoms with E-state index in [4.69, 9.17) is 4.74 Å². The van der Waals surface area contributed by atoms with E-state index in [2.05, 4.69) is 21.2 Å². The van der Waals surface area contributed by atoms with Crippen LogP contribution in [0.3, 0.4) is 0 Å². The maximum atomic E-state index is 13.3. The van der Waals surface area contributed by atoms with Gasteiger partial charge in [0.25, 0.3) is 0 Å². The lowest BCUT2D eigenvalue weighted by Gasteiger charge is -2.08. The number of benzene rings is 2. The molecule has 100 valence electrons. The quantitative estimate of drug-likeness (QED) is 0.804. The zero-order valence-corrected chi connectivity index (χ0v) is 12.0. The number of halogens is 2. The molecule has 4 heteroatoms. The normalized spacial score (nSPS) is 10.4. The summed E-state index contributed by atoms with van der Waals surface area (Å²) in [7, 11) is 0. The number of hydrogen-bond acceptors (Lipinski definition) is 2. The van der Waals surface area contributed by atoms with Crippen molar-refractivity contribution in [2.24, 2.45) is 0 Å². The number of para-hydroxylation sites is 1. The van der Waals surface area contributed by atoms with Crippen molar-refractivity contribution < 1.29 is 9.13 Å². The Morgan fingerprint density at radius 2 is 1.79 bits per heavy atom. The van der Waals surface area contributed by atoms with Gasteiger partial charge in [0.2, 0.25) is 0 Å². The topological polar surface area (TPSA) is 21.3 Å². The number of ether oxygens (including phenoxy) is 1. The lowest BCUT2D eigenvalue weighted by molar-refractivity contribution is 0.130. The predicted molar refractivity (Wildman–Crippen MR) is 78.7 cm³/mol. The molecule has 0 atom stereocenters. The average Bonchev–Trinajstić information content (AvgIpc) is 2.42. The second-order valence-electron chi connectivity index (χ2n) is 4.09. The molecule has 0 saturated carbocycles. The van der Waals surface area contributed by atoms with E-state index >= 15 is 0 Å². The van der Waals surface area contributed by atoms with Crippen LogP contribution in [-0.2, 0) is 11.3 Å². The maximum Gasteiger partial charge on any atom is 0.146 e. The van der Waals surface area contributed by atoms with Gasteiger partial charge in [-0.05, 0) is 29.8 Å². The molecule has 0 aliphatic carbocycles. The van der Waals surface area contributed by atoms with Gasteiger partial charge >= 0.3 is 0 Å². The van der Waals surface area contributed by atoms with Gasteiger partial charge in [0.15, 0.2) is 0 Å². The number of rotatable bonds is 6. The third kappa shape index (κ3) is 4.65. The fourth-order valence-corrected chi connectivity index (χ4v) is 1.90. The van der Waals surface area contributed by atoms with Gasteiger partial charge in [-0.2, -0.15) is 0 Å². The van der Waals surface area contributed by atoms with Crippen molar-refractivity contribution in [3.8, 4) is 0 Å². The molecule has 0 aliphatic heterocycles. The molecule has 2 rings (SSSR count). The van der Waals surface area contributed by atoms with Crippen molar-refractivity contribution in [3.05, 3.63) is 64.4 Å². The molecular weight excluding hydrogens is 309 g/mol. The first-order valence-corrected chi connectivity index (χ1v) is 6.85. The van der Waals surface area contributed by atoms with Gasteiger partial charge in [-0.25, -0.2) is 4.39 Å². The highest BCUT2D eigenvalue weighted by Gasteiger charge is 1.98. The minimum atomic E-state index is -0.240. The zero-order chi connectivity index (χ0) is 13.5. The number of anilines is 1. The molecule has 0 saturated heterocycles. The Kier molecular flexibility index (Phi) is 5.36. The summed E-state index contributed by atoms with van der Waals surface area (Å²) in [5.74, 6) is -0.240. The smallest absolute Gasteiger partial charge is 0.146 e. The van der Waals surface area contributed by atoms with Crippen LogP contribution in [0.4, 0.5) is 10.1 Å². The highest BCUT2D eigenvalue weighted by atomic mass is 79.9. The van der Waals surface area contributed by atoms with E-state index < -0.39 is 0 Å². The fraction of sp³-hybridized carbons (Fsp3) is 0.200. The summed E-state index contributed by atoms with van der Waals surface area (Å²) in [4.78, 5) is 0. The van der Waals surface area contributed by atoms with Gasteiger partial charge < -0.3 is 10.1 Å². The Bertz CT molecular complexity index is 516. The standard InChI is InChI=1S/C15H15BrFNO/c16-13-7-5-12(6-8-13)11-19-10-9-18-15-4-2-1-3-14(15)17/h1-8,18H,9-11H2. The van der Waals surface area contributed by atoms with Crippen molar-refractivity contribution in [1.82, 2.24) is 0 Å². The molecule has 1 N–H and O–H groups in total. The molecule has 0 aliphatic rings. The van der Waals surface area contributed by atoms with Gasteiger partial charge in [0.1, 0.15) is 5.82 Å². The van der Waals surface area contributed by atoms with Crippen molar-refractivity contribution in [2.75, 3.05) is 18.5 Å². The van der Waals surface area contributed by atoms with Gasteiger partial charge in [0.05, 0.1) is 18.9 Å². The average molecular weight is 324 g/mol. The lowest BCUT2D eigenvalue weighted by Crippen LogP contribution is -2.10. The highest BCUT2D eigenvalue weighted by Crippen LogP contribution is 2.12. The van der Waals surface area contributed by atoms with Crippen LogP contribution in [0.5, 0.6) is 0 Å². The van der Waals surface area contributed by atoms with Crippen LogP contribution in [0.1, 0.15) is 5.56 Å². The van der Waals surface area contributed by atoms with Crippen LogP contribution in [0, 0.1) is 5.82 Å². The molecule has 0 radical (unpaired) electrons. The molecule has 0 unspecified atom stereocenters. The Balaban J connectivity index is 1.67. The number of hydrogen-bond donors (Lipinski definition) is 1. The van der Waals surface area contributed by atoms with Crippen molar-refractivity contribution in [2.45, 2.75) is 6.61 Å². The second-order valence-corrected chi connectivity index (χ2v) is 5.00. The van der Waals surface area contributed by atoms with Crippen LogP contribution in [-0.4, -0.2) is 13.2 Å². The van der Waals surface area contributed by atoms with E-state index in [1.807, 2.05) is 24.3 Å². The van der Waals surface area contributed by atoms with Crippen LogP contribution in [0.15, 0.2) is 53.0 Å². The molecule has 0 heterocycles. The molecule has 2 aromatic carbocycles. The van der Waals surface area contributed by atoms with Gasteiger partial charge in [-0.3, -0.25) is 0 Å². The fourth-order valence-electron chi connectivity index (χ4n) is 1.63. The zero-order valence-electron chi connectivity index (χ0n) is 10.4. The molecule has 0 amide bonds. The molecular formula is C15H15BrFNO. The summed E-state index contributed by atoms with van der Waals surface area (Å²) >= 11 is 3.38. The Morgan fingerprint density at radius 3 is 2.53 bits per heavy atom. The highest BCUT2D eigenvalue weighted by molar-refractivity contribution is 9.10. The maximum absolute atomic E-state index is 13.3. The second kappa shape index (κ2) is 7.26. The lowest BCUT2D eigenvalue weighted by atomic mass is 10.2. The summed E-state index contributed by atoms with van der Waals surface area (Å²) < 4.78 is 19.9. The van der Waals surface area contributed by atoms with Crippen LogP contribution in [0.25, 0.3) is 0 Å². The van der Waals surface area contributed by atoms with E-state index in [9.17, 15) is 4.39 Å². The molecule has 2 nitrogen and oxygen atoms in total. The minimum absolute atomic E-state index is 0.240. The molecule has 0 bridgehead atoms. The molecule has 0 aromatic heterocycles. The Labute approximate surface area is 120 Å².